The van der Waals surface area contributed by atoms with Gasteiger partial charge in [0, 0.05) is 18.5 Å². The molecule has 9 heteroatoms. The number of carbonyl (C=O) groups excluding carboxylic acids is 1. The molecule has 0 N–H and O–H groups in total. The summed E-state index contributed by atoms with van der Waals surface area (Å²) in [7, 11) is 1.59. The molecule has 1 fully saturated rings. The number of hydrogen-bond acceptors (Lipinski definition) is 4. The number of likely N-dealkylation sites (tertiary alicyclic amines) is 1. The van der Waals surface area contributed by atoms with Crippen LogP contribution in [0.3, 0.4) is 0 Å². The molecule has 2 aliphatic rings. The Labute approximate surface area is 152 Å². The minimum atomic E-state index is -0.986. The van der Waals surface area contributed by atoms with Gasteiger partial charge in [-0.3, -0.25) is 13.9 Å². The minimum absolute atomic E-state index is 0.00680. The molecular formula is C17H18F2N4O2S. The topological polar surface area (TPSA) is 60.1 Å². The Balaban J connectivity index is 1.70. The number of pyridine rings is 1. The van der Waals surface area contributed by atoms with E-state index in [1.165, 1.54) is 14.0 Å². The Bertz CT molecular complexity index is 977. The highest BCUT2D eigenvalue weighted by atomic mass is 32.2. The molecule has 26 heavy (non-hydrogen) atoms. The standard InChI is InChI=1S/C17H18F2N4O2S/c1-9-3-13(19)26-15(9)10-4-12-16(20-5-10)21(2)17(25)23(12)8-14(24)22-6-11(18)7-22/h3-5,9,11,15H,6-8H2,1-2H3. The van der Waals surface area contributed by atoms with E-state index in [2.05, 4.69) is 4.98 Å². The highest BCUT2D eigenvalue weighted by Crippen LogP contribution is 2.47. The Kier molecular flexibility index (Phi) is 4.13. The fourth-order valence-corrected chi connectivity index (χ4v) is 4.49. The van der Waals surface area contributed by atoms with Gasteiger partial charge in [0.25, 0.3) is 0 Å². The van der Waals surface area contributed by atoms with Crippen LogP contribution in [-0.2, 0) is 18.4 Å². The Hall–Kier alpha value is -2.16. The lowest BCUT2D eigenvalue weighted by Crippen LogP contribution is -2.52. The summed E-state index contributed by atoms with van der Waals surface area (Å²) in [5.74, 6) is -0.289. The van der Waals surface area contributed by atoms with Crippen LogP contribution in [0.15, 0.2) is 28.3 Å². The summed E-state index contributed by atoms with van der Waals surface area (Å²) >= 11 is 1.13. The average Bonchev–Trinajstić information content (AvgIpc) is 3.03. The number of aromatic nitrogens is 3. The Morgan fingerprint density at radius 2 is 2.15 bits per heavy atom. The van der Waals surface area contributed by atoms with Crippen LogP contribution in [0.4, 0.5) is 8.78 Å². The second kappa shape index (κ2) is 6.22. The van der Waals surface area contributed by atoms with E-state index in [0.717, 1.165) is 17.3 Å². The molecule has 138 valence electrons. The monoisotopic (exact) mass is 380 g/mol. The molecule has 1 amide bonds. The third-order valence-corrected chi connectivity index (χ3v) is 6.23. The van der Waals surface area contributed by atoms with Crippen molar-refractivity contribution in [1.29, 1.82) is 0 Å². The molecular weight excluding hydrogens is 362 g/mol. The molecule has 6 nitrogen and oxygen atoms in total. The fraction of sp³-hybridized carbons (Fsp3) is 0.471. The largest absolute Gasteiger partial charge is 0.335 e. The average molecular weight is 380 g/mol. The van der Waals surface area contributed by atoms with Crippen LogP contribution in [0.1, 0.15) is 17.7 Å². The number of carbonyl (C=O) groups is 1. The normalized spacial score (nSPS) is 23.4. The second-order valence-corrected chi connectivity index (χ2v) is 7.94. The number of nitrogens with zero attached hydrogens (tertiary/aromatic N) is 4. The predicted molar refractivity (Wildman–Crippen MR) is 95.1 cm³/mol. The third-order valence-electron chi connectivity index (χ3n) is 4.92. The number of imidazole rings is 1. The van der Waals surface area contributed by atoms with Gasteiger partial charge in [0.15, 0.2) is 10.8 Å². The van der Waals surface area contributed by atoms with Gasteiger partial charge in [-0.05, 0) is 23.6 Å². The number of fused-ring (bicyclic) bond motifs is 1. The van der Waals surface area contributed by atoms with Crippen molar-refractivity contribution in [3.8, 4) is 0 Å². The smallest absolute Gasteiger partial charge is 0.330 e. The van der Waals surface area contributed by atoms with E-state index in [1.54, 1.807) is 25.4 Å². The summed E-state index contributed by atoms with van der Waals surface area (Å²) in [5, 5.41) is -0.337. The zero-order valence-electron chi connectivity index (χ0n) is 14.4. The fourth-order valence-electron chi connectivity index (χ4n) is 3.40. The van der Waals surface area contributed by atoms with Crippen molar-refractivity contribution >= 4 is 28.8 Å². The van der Waals surface area contributed by atoms with Gasteiger partial charge in [-0.2, -0.15) is 4.39 Å². The number of aryl methyl sites for hydroxylation is 1. The van der Waals surface area contributed by atoms with Gasteiger partial charge in [-0.1, -0.05) is 18.7 Å². The lowest BCUT2D eigenvalue weighted by molar-refractivity contribution is -0.138. The van der Waals surface area contributed by atoms with Crippen LogP contribution in [0.25, 0.3) is 11.2 Å². The van der Waals surface area contributed by atoms with Gasteiger partial charge in [0.2, 0.25) is 5.91 Å². The summed E-state index contributed by atoms with van der Waals surface area (Å²) in [4.78, 5) is 30.6. The minimum Gasteiger partial charge on any atom is -0.335 e. The predicted octanol–water partition coefficient (Wildman–Crippen LogP) is 2.15. The molecule has 2 unspecified atom stereocenters. The van der Waals surface area contributed by atoms with Crippen LogP contribution < -0.4 is 5.69 Å². The first-order chi connectivity index (χ1) is 12.3. The molecule has 0 aromatic carbocycles. The Morgan fingerprint density at radius 3 is 2.77 bits per heavy atom. The molecule has 0 radical (unpaired) electrons. The first-order valence-electron chi connectivity index (χ1n) is 8.36. The van der Waals surface area contributed by atoms with Crippen LogP contribution in [0, 0.1) is 5.92 Å². The maximum atomic E-state index is 13.6. The lowest BCUT2D eigenvalue weighted by Gasteiger charge is -2.34. The SMILES string of the molecule is CC1C=C(F)SC1c1cnc2c(c1)n(CC(=O)N1CC(F)C1)c(=O)n2C. The first-order valence-corrected chi connectivity index (χ1v) is 9.24. The molecule has 2 atom stereocenters. The number of alkyl halides is 1. The van der Waals surface area contributed by atoms with Gasteiger partial charge in [-0.25, -0.2) is 14.2 Å². The molecule has 4 rings (SSSR count). The van der Waals surface area contributed by atoms with Gasteiger partial charge < -0.3 is 4.90 Å². The highest BCUT2D eigenvalue weighted by Gasteiger charge is 2.32. The molecule has 2 aromatic rings. The van der Waals surface area contributed by atoms with Gasteiger partial charge in [0.1, 0.15) is 12.7 Å². The van der Waals surface area contributed by atoms with E-state index >= 15 is 0 Å². The first kappa shape index (κ1) is 17.3. The molecule has 0 saturated carbocycles. The van der Waals surface area contributed by atoms with Crippen molar-refractivity contribution in [1.82, 2.24) is 19.0 Å². The summed E-state index contributed by atoms with van der Waals surface area (Å²) in [6.45, 7) is 1.91. The molecule has 2 aromatic heterocycles. The van der Waals surface area contributed by atoms with Crippen LogP contribution >= 0.6 is 11.8 Å². The summed E-state index contributed by atoms with van der Waals surface area (Å²) in [6, 6.07) is 1.80. The molecule has 0 aliphatic carbocycles. The van der Waals surface area contributed by atoms with Crippen molar-refractivity contribution in [3.05, 3.63) is 39.5 Å². The maximum absolute atomic E-state index is 13.6. The van der Waals surface area contributed by atoms with E-state index in [9.17, 15) is 18.4 Å². The number of thioether (sulfide) groups is 1. The quantitative estimate of drug-likeness (QED) is 0.819. The summed E-state index contributed by atoms with van der Waals surface area (Å²) < 4.78 is 29.3. The second-order valence-electron chi connectivity index (χ2n) is 6.80. The van der Waals surface area contributed by atoms with Gasteiger partial charge in [-0.15, -0.1) is 0 Å². The van der Waals surface area contributed by atoms with Crippen LogP contribution in [0.5, 0.6) is 0 Å². The van der Waals surface area contributed by atoms with Gasteiger partial charge in [0.05, 0.1) is 18.6 Å². The van der Waals surface area contributed by atoms with Gasteiger partial charge >= 0.3 is 5.69 Å². The number of hydrogen-bond donors (Lipinski definition) is 0. The molecule has 2 aliphatic heterocycles. The number of rotatable bonds is 3. The van der Waals surface area contributed by atoms with E-state index in [0.29, 0.717) is 11.2 Å². The van der Waals surface area contributed by atoms with E-state index < -0.39 is 6.17 Å². The molecule has 0 bridgehead atoms. The van der Waals surface area contributed by atoms with E-state index in [4.69, 9.17) is 0 Å². The molecule has 1 saturated heterocycles. The van der Waals surface area contributed by atoms with Crippen molar-refractivity contribution in [2.45, 2.75) is 24.9 Å². The van der Waals surface area contributed by atoms with Crippen molar-refractivity contribution < 1.29 is 13.6 Å². The lowest BCUT2D eigenvalue weighted by atomic mass is 10.0. The number of allylic oxidation sites excluding steroid dienone is 1. The number of halogens is 2. The highest BCUT2D eigenvalue weighted by molar-refractivity contribution is 8.03. The third kappa shape index (κ3) is 2.74. The van der Waals surface area contributed by atoms with E-state index in [1.807, 2.05) is 6.92 Å². The maximum Gasteiger partial charge on any atom is 0.330 e. The van der Waals surface area contributed by atoms with Crippen molar-refractivity contribution in [3.63, 3.8) is 0 Å². The molecule has 0 spiro atoms. The van der Waals surface area contributed by atoms with Crippen molar-refractivity contribution in [2.24, 2.45) is 13.0 Å². The molecule has 4 heterocycles. The summed E-state index contributed by atoms with van der Waals surface area (Å²) in [5.41, 5.74) is 1.44. The zero-order valence-corrected chi connectivity index (χ0v) is 15.2. The van der Waals surface area contributed by atoms with Crippen LogP contribution in [-0.4, -0.2) is 44.2 Å². The number of amides is 1. The summed E-state index contributed by atoms with van der Waals surface area (Å²) in [6.07, 6.45) is 2.23. The Morgan fingerprint density at radius 1 is 1.42 bits per heavy atom. The van der Waals surface area contributed by atoms with E-state index in [-0.39, 0.29) is 47.6 Å². The van der Waals surface area contributed by atoms with Crippen molar-refractivity contribution in [2.75, 3.05) is 13.1 Å². The van der Waals surface area contributed by atoms with Crippen LogP contribution in [0.2, 0.25) is 0 Å². The zero-order chi connectivity index (χ0) is 18.6.